The van der Waals surface area contributed by atoms with Crippen molar-refractivity contribution >= 4 is 0 Å². The second-order valence-electron chi connectivity index (χ2n) is 4.52. The second-order valence-corrected chi connectivity index (χ2v) is 4.52. The fourth-order valence-electron chi connectivity index (χ4n) is 1.63. The molecule has 0 saturated heterocycles. The van der Waals surface area contributed by atoms with E-state index in [9.17, 15) is 5.11 Å². The number of methoxy groups -OCH3 is 1. The van der Waals surface area contributed by atoms with Crippen molar-refractivity contribution in [2.75, 3.05) is 7.11 Å². The summed E-state index contributed by atoms with van der Waals surface area (Å²) in [5, 5.41) is 9.63. The topological polar surface area (TPSA) is 29.5 Å². The van der Waals surface area contributed by atoms with Crippen LogP contribution in [0.25, 0.3) is 0 Å². The van der Waals surface area contributed by atoms with Gasteiger partial charge < -0.3 is 9.84 Å². The summed E-state index contributed by atoms with van der Waals surface area (Å²) in [5.74, 6) is 0. The van der Waals surface area contributed by atoms with E-state index in [1.165, 1.54) is 0 Å². The summed E-state index contributed by atoms with van der Waals surface area (Å²) >= 11 is 0. The summed E-state index contributed by atoms with van der Waals surface area (Å²) < 4.78 is 5.39. The Balaban J connectivity index is 2.94. The molecule has 1 atom stereocenters. The molecule has 0 radical (unpaired) electrons. The molecule has 84 valence electrons. The highest BCUT2D eigenvalue weighted by Gasteiger charge is 2.19. The van der Waals surface area contributed by atoms with Gasteiger partial charge in [-0.05, 0) is 31.9 Å². The van der Waals surface area contributed by atoms with Crippen LogP contribution in [0.1, 0.15) is 38.0 Å². The predicted molar refractivity (Wildman–Crippen MR) is 61.9 cm³/mol. The Morgan fingerprint density at radius 2 is 1.93 bits per heavy atom. The number of rotatable bonds is 4. The Morgan fingerprint density at radius 3 is 2.47 bits per heavy atom. The van der Waals surface area contributed by atoms with Crippen molar-refractivity contribution in [3.63, 3.8) is 0 Å². The van der Waals surface area contributed by atoms with Gasteiger partial charge in [-0.2, -0.15) is 0 Å². The lowest BCUT2D eigenvalue weighted by Gasteiger charge is -2.24. The van der Waals surface area contributed by atoms with E-state index in [0.717, 1.165) is 17.5 Å². The van der Waals surface area contributed by atoms with Gasteiger partial charge in [-0.15, -0.1) is 0 Å². The highest BCUT2D eigenvalue weighted by Crippen LogP contribution is 2.23. The highest BCUT2D eigenvalue weighted by atomic mass is 16.5. The molecule has 0 aliphatic carbocycles. The Morgan fingerprint density at radius 1 is 1.33 bits per heavy atom. The molecule has 0 aromatic heterocycles. The fourth-order valence-corrected chi connectivity index (χ4v) is 1.63. The van der Waals surface area contributed by atoms with Gasteiger partial charge in [-0.25, -0.2) is 0 Å². The third kappa shape index (κ3) is 3.33. The largest absolute Gasteiger partial charge is 0.389 e. The highest BCUT2D eigenvalue weighted by molar-refractivity contribution is 5.29. The zero-order chi connectivity index (χ0) is 11.5. The summed E-state index contributed by atoms with van der Waals surface area (Å²) in [5.41, 5.74) is 1.95. The van der Waals surface area contributed by atoms with Crippen molar-refractivity contribution in [2.24, 2.45) is 0 Å². The first-order valence-electron chi connectivity index (χ1n) is 5.27. The van der Waals surface area contributed by atoms with E-state index >= 15 is 0 Å². The van der Waals surface area contributed by atoms with Gasteiger partial charge in [-0.1, -0.05) is 24.3 Å². The van der Waals surface area contributed by atoms with Crippen molar-refractivity contribution in [2.45, 2.75) is 38.9 Å². The first-order chi connectivity index (χ1) is 6.96. The van der Waals surface area contributed by atoms with Gasteiger partial charge in [0.2, 0.25) is 0 Å². The van der Waals surface area contributed by atoms with Gasteiger partial charge in [0.05, 0.1) is 11.7 Å². The maximum Gasteiger partial charge on any atom is 0.0764 e. The van der Waals surface area contributed by atoms with Crippen LogP contribution >= 0.6 is 0 Å². The van der Waals surface area contributed by atoms with E-state index in [2.05, 4.69) is 0 Å². The van der Waals surface area contributed by atoms with Crippen LogP contribution in [0, 0.1) is 0 Å². The maximum absolute atomic E-state index is 9.63. The number of benzene rings is 1. The smallest absolute Gasteiger partial charge is 0.0764 e. The molecule has 2 nitrogen and oxygen atoms in total. The Labute approximate surface area is 91.9 Å². The summed E-state index contributed by atoms with van der Waals surface area (Å²) in [6.45, 7) is 5.89. The van der Waals surface area contributed by atoms with Crippen LogP contribution in [0.15, 0.2) is 24.3 Å². The zero-order valence-electron chi connectivity index (χ0n) is 9.95. The van der Waals surface area contributed by atoms with Gasteiger partial charge in [0.1, 0.15) is 0 Å². The average molecular weight is 208 g/mol. The van der Waals surface area contributed by atoms with Gasteiger partial charge >= 0.3 is 0 Å². The standard InChI is InChI=1S/C13H20O2/c1-10(14)12-8-6-5-7-11(12)9-13(2,3)15-4/h5-8,10,14H,9H2,1-4H3. The molecule has 0 amide bonds. The minimum Gasteiger partial charge on any atom is -0.389 e. The summed E-state index contributed by atoms with van der Waals surface area (Å²) in [6, 6.07) is 7.95. The molecule has 0 heterocycles. The second kappa shape index (κ2) is 4.77. The molecular formula is C13H20O2. The molecule has 0 bridgehead atoms. The van der Waals surface area contributed by atoms with Crippen molar-refractivity contribution in [1.29, 1.82) is 0 Å². The summed E-state index contributed by atoms with van der Waals surface area (Å²) in [6.07, 6.45) is 0.388. The molecule has 1 aromatic carbocycles. The molecule has 0 fully saturated rings. The van der Waals surface area contributed by atoms with E-state index < -0.39 is 6.10 Å². The molecular weight excluding hydrogens is 188 g/mol. The number of aliphatic hydroxyl groups is 1. The number of hydrogen-bond donors (Lipinski definition) is 1. The Kier molecular flexibility index (Phi) is 3.89. The summed E-state index contributed by atoms with van der Waals surface area (Å²) in [7, 11) is 1.71. The first kappa shape index (κ1) is 12.2. The van der Waals surface area contributed by atoms with Gasteiger partial charge in [0.15, 0.2) is 0 Å². The van der Waals surface area contributed by atoms with E-state index in [1.807, 2.05) is 38.1 Å². The number of aliphatic hydroxyl groups excluding tert-OH is 1. The molecule has 0 aliphatic rings. The monoisotopic (exact) mass is 208 g/mol. The normalized spacial score (nSPS) is 13.9. The van der Waals surface area contributed by atoms with Crippen LogP contribution in [-0.2, 0) is 11.2 Å². The SMILES string of the molecule is COC(C)(C)Cc1ccccc1C(C)O. The van der Waals surface area contributed by atoms with Crippen LogP contribution in [0.3, 0.4) is 0 Å². The molecule has 1 rings (SSSR count). The van der Waals surface area contributed by atoms with Crippen LogP contribution in [0.5, 0.6) is 0 Å². The lowest BCUT2D eigenvalue weighted by Crippen LogP contribution is -2.26. The minimum atomic E-state index is -0.422. The van der Waals surface area contributed by atoms with Crippen molar-refractivity contribution in [1.82, 2.24) is 0 Å². The van der Waals surface area contributed by atoms with E-state index in [4.69, 9.17) is 4.74 Å². The molecule has 1 aromatic rings. The minimum absolute atomic E-state index is 0.189. The quantitative estimate of drug-likeness (QED) is 0.824. The first-order valence-corrected chi connectivity index (χ1v) is 5.27. The number of hydrogen-bond acceptors (Lipinski definition) is 2. The van der Waals surface area contributed by atoms with Gasteiger partial charge in [-0.3, -0.25) is 0 Å². The predicted octanol–water partition coefficient (Wildman–Crippen LogP) is 2.71. The molecule has 2 heteroatoms. The Bertz CT molecular complexity index is 316. The van der Waals surface area contributed by atoms with E-state index in [0.29, 0.717) is 0 Å². The Hall–Kier alpha value is -0.860. The third-order valence-electron chi connectivity index (χ3n) is 2.67. The maximum atomic E-state index is 9.63. The van der Waals surface area contributed by atoms with Crippen LogP contribution < -0.4 is 0 Å². The summed E-state index contributed by atoms with van der Waals surface area (Å²) in [4.78, 5) is 0. The molecule has 0 aliphatic heterocycles. The molecule has 0 spiro atoms. The lowest BCUT2D eigenvalue weighted by atomic mass is 9.93. The molecule has 1 unspecified atom stereocenters. The fraction of sp³-hybridized carbons (Fsp3) is 0.538. The molecule has 0 saturated carbocycles. The lowest BCUT2D eigenvalue weighted by molar-refractivity contribution is 0.0226. The zero-order valence-corrected chi connectivity index (χ0v) is 9.95. The van der Waals surface area contributed by atoms with Gasteiger partial charge in [0, 0.05) is 13.5 Å². The third-order valence-corrected chi connectivity index (χ3v) is 2.67. The van der Waals surface area contributed by atoms with Crippen LogP contribution in [0.2, 0.25) is 0 Å². The van der Waals surface area contributed by atoms with Gasteiger partial charge in [0.25, 0.3) is 0 Å². The van der Waals surface area contributed by atoms with Crippen molar-refractivity contribution < 1.29 is 9.84 Å². The average Bonchev–Trinajstić information content (AvgIpc) is 2.18. The van der Waals surface area contributed by atoms with Crippen LogP contribution in [0.4, 0.5) is 0 Å². The van der Waals surface area contributed by atoms with E-state index in [1.54, 1.807) is 14.0 Å². The molecule has 15 heavy (non-hydrogen) atoms. The van der Waals surface area contributed by atoms with Crippen molar-refractivity contribution in [3.05, 3.63) is 35.4 Å². The van der Waals surface area contributed by atoms with Crippen molar-refractivity contribution in [3.8, 4) is 0 Å². The van der Waals surface area contributed by atoms with E-state index in [-0.39, 0.29) is 5.60 Å². The molecule has 1 N–H and O–H groups in total. The van der Waals surface area contributed by atoms with Crippen LogP contribution in [-0.4, -0.2) is 17.8 Å². The number of ether oxygens (including phenoxy) is 1.